The fourth-order valence-electron chi connectivity index (χ4n) is 3.11. The highest BCUT2D eigenvalue weighted by atomic mass is 32.1. The first-order valence-electron chi connectivity index (χ1n) is 9.21. The van der Waals surface area contributed by atoms with Crippen LogP contribution in [0.15, 0.2) is 41.1 Å². The number of rotatable bonds is 5. The molecule has 0 aromatic carbocycles. The van der Waals surface area contributed by atoms with E-state index in [0.29, 0.717) is 29.6 Å². The number of anilines is 1. The number of aryl methyl sites for hydroxylation is 1. The third kappa shape index (κ3) is 4.07. The molecule has 1 fully saturated rings. The number of pyridine rings is 1. The van der Waals surface area contributed by atoms with Crippen LogP contribution in [0.2, 0.25) is 0 Å². The molecule has 1 unspecified atom stereocenters. The molecule has 3 aromatic heterocycles. The molecule has 28 heavy (non-hydrogen) atoms. The first-order valence-corrected chi connectivity index (χ1v) is 10.0. The van der Waals surface area contributed by atoms with E-state index in [9.17, 15) is 4.79 Å². The summed E-state index contributed by atoms with van der Waals surface area (Å²) in [7, 11) is 0. The van der Waals surface area contributed by atoms with Crippen molar-refractivity contribution in [3.63, 3.8) is 0 Å². The van der Waals surface area contributed by atoms with Crippen LogP contribution < -0.4 is 10.2 Å². The molecule has 4 heterocycles. The minimum Gasteiger partial charge on any atom is -0.462 e. The molecule has 4 rings (SSSR count). The largest absolute Gasteiger partial charge is 0.462 e. The van der Waals surface area contributed by atoms with E-state index in [1.807, 2.05) is 25.1 Å². The summed E-state index contributed by atoms with van der Waals surface area (Å²) >= 11 is 1.45. The molecule has 1 saturated heterocycles. The standard InChI is InChI=1S/C20H22N4O3S/c1-13-12-24(7-9-26-13)17-6-5-15(10-21-17)11-22-19(25)18-14(2)28-20(23-18)16-4-3-8-27-16/h3-6,8,10,13H,7,9,11-12H2,1-2H3,(H,22,25). The van der Waals surface area contributed by atoms with Crippen LogP contribution in [0.5, 0.6) is 0 Å². The zero-order chi connectivity index (χ0) is 19.5. The van der Waals surface area contributed by atoms with Crippen molar-refractivity contribution in [3.8, 4) is 10.8 Å². The Morgan fingerprint density at radius 3 is 3.00 bits per heavy atom. The van der Waals surface area contributed by atoms with Crippen molar-refractivity contribution >= 4 is 23.1 Å². The average Bonchev–Trinajstić information content (AvgIpc) is 3.36. The predicted octanol–water partition coefficient (Wildman–Crippen LogP) is 3.26. The van der Waals surface area contributed by atoms with Crippen LogP contribution >= 0.6 is 11.3 Å². The molecule has 1 amide bonds. The molecule has 1 aliphatic heterocycles. The molecule has 1 aliphatic rings. The second-order valence-corrected chi connectivity index (χ2v) is 7.94. The molecule has 0 bridgehead atoms. The van der Waals surface area contributed by atoms with Gasteiger partial charge in [0, 0.05) is 30.7 Å². The van der Waals surface area contributed by atoms with Crippen molar-refractivity contribution in [1.82, 2.24) is 15.3 Å². The third-order valence-electron chi connectivity index (χ3n) is 4.57. The van der Waals surface area contributed by atoms with Gasteiger partial charge in [0.15, 0.2) is 10.8 Å². The number of carbonyl (C=O) groups excluding carboxylic acids is 1. The lowest BCUT2D eigenvalue weighted by Crippen LogP contribution is -2.41. The molecule has 146 valence electrons. The van der Waals surface area contributed by atoms with E-state index in [4.69, 9.17) is 9.15 Å². The maximum atomic E-state index is 12.5. The molecule has 1 N–H and O–H groups in total. The molecular formula is C20H22N4O3S. The molecule has 3 aromatic rings. The summed E-state index contributed by atoms with van der Waals surface area (Å²) in [6.45, 7) is 6.75. The van der Waals surface area contributed by atoms with Crippen LogP contribution in [0.4, 0.5) is 5.82 Å². The van der Waals surface area contributed by atoms with E-state index in [1.54, 1.807) is 18.5 Å². The summed E-state index contributed by atoms with van der Waals surface area (Å²) in [5.74, 6) is 1.41. The Morgan fingerprint density at radius 2 is 2.29 bits per heavy atom. The first-order chi connectivity index (χ1) is 13.6. The van der Waals surface area contributed by atoms with Gasteiger partial charge in [0.25, 0.3) is 5.91 Å². The lowest BCUT2D eigenvalue weighted by molar-refractivity contribution is 0.0529. The average molecular weight is 398 g/mol. The molecule has 0 spiro atoms. The molecule has 0 aliphatic carbocycles. The molecule has 0 saturated carbocycles. The Morgan fingerprint density at radius 1 is 1.39 bits per heavy atom. The predicted molar refractivity (Wildman–Crippen MR) is 108 cm³/mol. The van der Waals surface area contributed by atoms with Gasteiger partial charge >= 0.3 is 0 Å². The lowest BCUT2D eigenvalue weighted by atomic mass is 10.2. The third-order valence-corrected chi connectivity index (χ3v) is 5.56. The molecular weight excluding hydrogens is 376 g/mol. The summed E-state index contributed by atoms with van der Waals surface area (Å²) in [5.41, 5.74) is 1.38. The number of furan rings is 1. The quantitative estimate of drug-likeness (QED) is 0.711. The molecule has 0 radical (unpaired) electrons. The van der Waals surface area contributed by atoms with Gasteiger partial charge in [-0.1, -0.05) is 6.07 Å². The number of amides is 1. The number of nitrogens with one attached hydrogen (secondary N) is 1. The van der Waals surface area contributed by atoms with Crippen LogP contribution in [0, 0.1) is 6.92 Å². The fraction of sp³-hybridized carbons (Fsp3) is 0.350. The van der Waals surface area contributed by atoms with Crippen molar-refractivity contribution in [2.75, 3.05) is 24.6 Å². The van der Waals surface area contributed by atoms with Gasteiger partial charge in [0.2, 0.25) is 0 Å². The Hall–Kier alpha value is -2.71. The Bertz CT molecular complexity index is 937. The van der Waals surface area contributed by atoms with E-state index in [1.165, 1.54) is 11.3 Å². The zero-order valence-corrected chi connectivity index (χ0v) is 16.7. The lowest BCUT2D eigenvalue weighted by Gasteiger charge is -2.32. The number of ether oxygens (including phenoxy) is 1. The van der Waals surface area contributed by atoms with Gasteiger partial charge in [0.05, 0.1) is 19.0 Å². The topological polar surface area (TPSA) is 80.5 Å². The summed E-state index contributed by atoms with van der Waals surface area (Å²) in [5, 5.41) is 3.63. The van der Waals surface area contributed by atoms with Gasteiger partial charge in [-0.15, -0.1) is 11.3 Å². The second kappa shape index (κ2) is 8.12. The van der Waals surface area contributed by atoms with E-state index in [0.717, 1.165) is 29.3 Å². The highest BCUT2D eigenvalue weighted by molar-refractivity contribution is 7.15. The number of thiazole rings is 1. The smallest absolute Gasteiger partial charge is 0.271 e. The first kappa shape index (κ1) is 18.6. The van der Waals surface area contributed by atoms with Crippen molar-refractivity contribution in [2.45, 2.75) is 26.5 Å². The molecule has 7 nitrogen and oxygen atoms in total. The second-order valence-electron chi connectivity index (χ2n) is 6.74. The van der Waals surface area contributed by atoms with Gasteiger partial charge in [0.1, 0.15) is 11.5 Å². The highest BCUT2D eigenvalue weighted by Crippen LogP contribution is 2.27. The van der Waals surface area contributed by atoms with Gasteiger partial charge < -0.3 is 19.4 Å². The Labute approximate surface area is 167 Å². The maximum Gasteiger partial charge on any atom is 0.271 e. The molecule has 8 heteroatoms. The summed E-state index contributed by atoms with van der Waals surface area (Å²) < 4.78 is 10.9. The minimum atomic E-state index is -0.197. The van der Waals surface area contributed by atoms with Crippen LogP contribution in [0.25, 0.3) is 10.8 Å². The number of morpholine rings is 1. The summed E-state index contributed by atoms with van der Waals surface area (Å²) in [4.78, 5) is 24.6. The van der Waals surface area contributed by atoms with Crippen LogP contribution in [-0.4, -0.2) is 41.7 Å². The van der Waals surface area contributed by atoms with Gasteiger partial charge in [-0.25, -0.2) is 9.97 Å². The van der Waals surface area contributed by atoms with Crippen LogP contribution in [0.1, 0.15) is 27.9 Å². The monoisotopic (exact) mass is 398 g/mol. The van der Waals surface area contributed by atoms with Crippen molar-refractivity contribution in [1.29, 1.82) is 0 Å². The van der Waals surface area contributed by atoms with Gasteiger partial charge in [-0.2, -0.15) is 0 Å². The van der Waals surface area contributed by atoms with Crippen molar-refractivity contribution in [3.05, 3.63) is 52.9 Å². The van der Waals surface area contributed by atoms with Crippen LogP contribution in [0.3, 0.4) is 0 Å². The fourth-order valence-corrected chi connectivity index (χ4v) is 3.99. The van der Waals surface area contributed by atoms with Gasteiger partial charge in [-0.3, -0.25) is 4.79 Å². The number of nitrogens with zero attached hydrogens (tertiary/aromatic N) is 3. The Balaban J connectivity index is 1.37. The Kier molecular flexibility index (Phi) is 5.40. The summed E-state index contributed by atoms with van der Waals surface area (Å²) in [6.07, 6.45) is 3.61. The number of carbonyl (C=O) groups is 1. The number of hydrogen-bond donors (Lipinski definition) is 1. The normalized spacial score (nSPS) is 16.9. The zero-order valence-electron chi connectivity index (χ0n) is 15.8. The number of aromatic nitrogens is 2. The highest BCUT2D eigenvalue weighted by Gasteiger charge is 2.19. The van der Waals surface area contributed by atoms with Crippen molar-refractivity contribution < 1.29 is 13.9 Å². The van der Waals surface area contributed by atoms with E-state index < -0.39 is 0 Å². The van der Waals surface area contributed by atoms with E-state index >= 15 is 0 Å². The van der Waals surface area contributed by atoms with E-state index in [-0.39, 0.29) is 12.0 Å². The molecule has 1 atom stereocenters. The number of hydrogen-bond acceptors (Lipinski definition) is 7. The van der Waals surface area contributed by atoms with Crippen molar-refractivity contribution in [2.24, 2.45) is 0 Å². The van der Waals surface area contributed by atoms with E-state index in [2.05, 4.69) is 27.1 Å². The SMILES string of the molecule is Cc1sc(-c2ccco2)nc1C(=O)NCc1ccc(N2CCOC(C)C2)nc1. The maximum absolute atomic E-state index is 12.5. The van der Waals surface area contributed by atoms with Gasteiger partial charge in [-0.05, 0) is 37.6 Å². The van der Waals surface area contributed by atoms with Crippen LogP contribution in [-0.2, 0) is 11.3 Å². The summed E-state index contributed by atoms with van der Waals surface area (Å²) in [6, 6.07) is 7.62. The minimum absolute atomic E-state index is 0.197.